The molecule has 0 fully saturated rings. The van der Waals surface area contributed by atoms with Crippen molar-refractivity contribution >= 4 is 52.0 Å². The fraction of sp³-hybridized carbons (Fsp3) is 0.0769. The number of aliphatic imine (C=N–C) groups is 1. The number of para-hydroxylation sites is 1. The Labute approximate surface area is 200 Å². The maximum absolute atomic E-state index is 13.5. The Balaban J connectivity index is 1.56. The lowest BCUT2D eigenvalue weighted by molar-refractivity contribution is -0.114. The average molecular weight is 474 g/mol. The molecule has 1 heterocycles. The second kappa shape index (κ2) is 10.3. The second-order valence-corrected chi connectivity index (χ2v) is 8.33. The first-order valence-electron chi connectivity index (χ1n) is 10.4. The highest BCUT2D eigenvalue weighted by Crippen LogP contribution is 2.29. The quantitative estimate of drug-likeness (QED) is 0.397. The number of carbonyl (C=O) groups excluding carboxylic acids is 3. The molecule has 0 aromatic heterocycles. The first kappa shape index (κ1) is 23.1. The van der Waals surface area contributed by atoms with E-state index in [9.17, 15) is 18.8 Å². The third kappa shape index (κ3) is 5.29. The van der Waals surface area contributed by atoms with Crippen LogP contribution in [-0.2, 0) is 9.59 Å². The highest BCUT2D eigenvalue weighted by Gasteiger charge is 2.32. The van der Waals surface area contributed by atoms with Crippen LogP contribution in [-0.4, -0.2) is 28.5 Å². The zero-order valence-electron chi connectivity index (χ0n) is 18.2. The Morgan fingerprint density at radius 2 is 1.68 bits per heavy atom. The maximum atomic E-state index is 13.5. The van der Waals surface area contributed by atoms with Crippen molar-refractivity contribution in [3.05, 3.63) is 102 Å². The van der Waals surface area contributed by atoms with Crippen LogP contribution in [0.4, 0.5) is 15.8 Å². The van der Waals surface area contributed by atoms with E-state index in [-0.39, 0.29) is 29.0 Å². The Kier molecular flexibility index (Phi) is 6.98. The summed E-state index contributed by atoms with van der Waals surface area (Å²) < 4.78 is 13.5. The number of Topliss-reactive ketones (excluding diaryl/α,β-unsaturated/α-hetero) is 1. The molecule has 4 rings (SSSR count). The van der Waals surface area contributed by atoms with Crippen LogP contribution in [0.5, 0.6) is 0 Å². The highest BCUT2D eigenvalue weighted by atomic mass is 32.2. The predicted octanol–water partition coefficient (Wildman–Crippen LogP) is 5.14. The lowest BCUT2D eigenvalue weighted by Gasteiger charge is -2.17. The predicted molar refractivity (Wildman–Crippen MR) is 133 cm³/mol. The zero-order valence-corrected chi connectivity index (χ0v) is 19.0. The van der Waals surface area contributed by atoms with Gasteiger partial charge in [-0.2, -0.15) is 0 Å². The Hall–Kier alpha value is -4.04. The van der Waals surface area contributed by atoms with Gasteiger partial charge in [-0.3, -0.25) is 19.3 Å². The number of ketones is 1. The molecule has 1 N–H and O–H groups in total. The van der Waals surface area contributed by atoms with E-state index in [1.807, 2.05) is 30.3 Å². The number of benzene rings is 3. The molecule has 0 radical (unpaired) electrons. The summed E-state index contributed by atoms with van der Waals surface area (Å²) in [5.41, 5.74) is 2.29. The van der Waals surface area contributed by atoms with Crippen molar-refractivity contribution in [2.24, 2.45) is 4.99 Å². The van der Waals surface area contributed by atoms with E-state index in [1.165, 1.54) is 36.1 Å². The van der Waals surface area contributed by atoms with Gasteiger partial charge >= 0.3 is 0 Å². The lowest BCUT2D eigenvalue weighted by Crippen LogP contribution is -2.31. The molecule has 0 atom stereocenters. The number of nitrogens with one attached hydrogen (secondary N) is 1. The third-order valence-corrected chi connectivity index (χ3v) is 5.87. The molecule has 1 aliphatic rings. The standard InChI is InChI=1S/C26H20FN3O3S/c1-17(31)21-9-5-6-10-22(21)28-24(32)16-34-26-29-23(15-18-7-3-2-4-8-18)25(33)30(26)20-13-11-19(27)12-14-20/h2-15H,16H2,1H3,(H,28,32). The SMILES string of the molecule is CC(=O)c1ccccc1NC(=O)CSC1=NC(=Cc2ccccc2)C(=O)N1c1ccc(F)cc1. The zero-order chi connectivity index (χ0) is 24.1. The van der Waals surface area contributed by atoms with Gasteiger partial charge in [-0.25, -0.2) is 9.38 Å². The molecule has 0 saturated carbocycles. The summed E-state index contributed by atoms with van der Waals surface area (Å²) in [5, 5.41) is 3.04. The van der Waals surface area contributed by atoms with Gasteiger partial charge in [0.2, 0.25) is 5.91 Å². The summed E-state index contributed by atoms with van der Waals surface area (Å²) in [4.78, 5) is 43.4. The van der Waals surface area contributed by atoms with Crippen molar-refractivity contribution in [3.8, 4) is 0 Å². The van der Waals surface area contributed by atoms with Gasteiger partial charge in [0, 0.05) is 5.56 Å². The molecule has 3 aromatic carbocycles. The van der Waals surface area contributed by atoms with Crippen LogP contribution >= 0.6 is 11.8 Å². The van der Waals surface area contributed by atoms with E-state index < -0.39 is 5.82 Å². The molecule has 8 heteroatoms. The molecule has 0 unspecified atom stereocenters. The van der Waals surface area contributed by atoms with Gasteiger partial charge in [0.1, 0.15) is 11.5 Å². The van der Waals surface area contributed by atoms with Gasteiger partial charge in [0.15, 0.2) is 11.0 Å². The van der Waals surface area contributed by atoms with E-state index in [4.69, 9.17) is 0 Å². The van der Waals surface area contributed by atoms with Crippen molar-refractivity contribution in [3.63, 3.8) is 0 Å². The number of nitrogens with zero attached hydrogens (tertiary/aromatic N) is 2. The van der Waals surface area contributed by atoms with Crippen LogP contribution in [0.3, 0.4) is 0 Å². The van der Waals surface area contributed by atoms with Crippen LogP contribution in [0, 0.1) is 5.82 Å². The number of amides is 2. The number of hydrogen-bond donors (Lipinski definition) is 1. The van der Waals surface area contributed by atoms with Crippen molar-refractivity contribution in [2.75, 3.05) is 16.0 Å². The number of hydrogen-bond acceptors (Lipinski definition) is 5. The number of halogens is 1. The minimum atomic E-state index is -0.426. The van der Waals surface area contributed by atoms with E-state index >= 15 is 0 Å². The van der Waals surface area contributed by atoms with Gasteiger partial charge in [0.25, 0.3) is 5.91 Å². The fourth-order valence-corrected chi connectivity index (χ4v) is 4.15. The van der Waals surface area contributed by atoms with Crippen molar-refractivity contribution < 1.29 is 18.8 Å². The van der Waals surface area contributed by atoms with Crippen LogP contribution < -0.4 is 10.2 Å². The molecule has 0 spiro atoms. The van der Waals surface area contributed by atoms with Crippen molar-refractivity contribution in [2.45, 2.75) is 6.92 Å². The molecule has 6 nitrogen and oxygen atoms in total. The normalized spacial score (nSPS) is 14.3. The fourth-order valence-electron chi connectivity index (χ4n) is 3.33. The Morgan fingerprint density at radius 3 is 2.38 bits per heavy atom. The number of thioether (sulfide) groups is 1. The number of anilines is 2. The average Bonchev–Trinajstić information content (AvgIpc) is 3.14. The molecular formula is C26H20FN3O3S. The molecule has 0 saturated heterocycles. The third-order valence-electron chi connectivity index (χ3n) is 4.93. The second-order valence-electron chi connectivity index (χ2n) is 7.39. The van der Waals surface area contributed by atoms with Gasteiger partial charge in [-0.1, -0.05) is 54.2 Å². The molecule has 1 aliphatic heterocycles. The summed E-state index contributed by atoms with van der Waals surface area (Å²) in [5.74, 6) is -1.36. The van der Waals surface area contributed by atoms with Crippen LogP contribution in [0.1, 0.15) is 22.8 Å². The highest BCUT2D eigenvalue weighted by molar-refractivity contribution is 8.14. The summed E-state index contributed by atoms with van der Waals surface area (Å²) in [6.45, 7) is 1.43. The van der Waals surface area contributed by atoms with Gasteiger partial charge in [-0.15, -0.1) is 0 Å². The minimum Gasteiger partial charge on any atom is -0.325 e. The van der Waals surface area contributed by atoms with Crippen LogP contribution in [0.2, 0.25) is 0 Å². The van der Waals surface area contributed by atoms with Crippen LogP contribution in [0.15, 0.2) is 89.6 Å². The Bertz CT molecular complexity index is 1300. The monoisotopic (exact) mass is 473 g/mol. The molecule has 0 bridgehead atoms. The molecular weight excluding hydrogens is 453 g/mol. The number of rotatable bonds is 6. The molecule has 2 amide bonds. The molecule has 0 aliphatic carbocycles. The topological polar surface area (TPSA) is 78.8 Å². The van der Waals surface area contributed by atoms with Crippen molar-refractivity contribution in [1.82, 2.24) is 0 Å². The van der Waals surface area contributed by atoms with Gasteiger partial charge in [-0.05, 0) is 55.0 Å². The van der Waals surface area contributed by atoms with E-state index in [0.717, 1.165) is 17.3 Å². The lowest BCUT2D eigenvalue weighted by atomic mass is 10.1. The molecule has 170 valence electrons. The molecule has 3 aromatic rings. The summed E-state index contributed by atoms with van der Waals surface area (Å²) >= 11 is 1.07. The maximum Gasteiger partial charge on any atom is 0.283 e. The van der Waals surface area contributed by atoms with E-state index in [1.54, 1.807) is 30.3 Å². The molecule has 34 heavy (non-hydrogen) atoms. The number of amidine groups is 1. The van der Waals surface area contributed by atoms with Crippen LogP contribution in [0.25, 0.3) is 6.08 Å². The van der Waals surface area contributed by atoms with E-state index in [0.29, 0.717) is 22.1 Å². The first-order valence-corrected chi connectivity index (χ1v) is 11.4. The van der Waals surface area contributed by atoms with Gasteiger partial charge in [0.05, 0.1) is 17.1 Å². The van der Waals surface area contributed by atoms with E-state index in [2.05, 4.69) is 10.3 Å². The number of carbonyl (C=O) groups is 3. The Morgan fingerprint density at radius 1 is 1.00 bits per heavy atom. The van der Waals surface area contributed by atoms with Crippen molar-refractivity contribution in [1.29, 1.82) is 0 Å². The minimum absolute atomic E-state index is 0.0470. The summed E-state index contributed by atoms with van der Waals surface area (Å²) in [7, 11) is 0. The van der Waals surface area contributed by atoms with Gasteiger partial charge < -0.3 is 5.32 Å². The summed E-state index contributed by atoms with van der Waals surface area (Å²) in [6.07, 6.45) is 1.66. The smallest absolute Gasteiger partial charge is 0.283 e. The summed E-state index contributed by atoms with van der Waals surface area (Å²) in [6, 6.07) is 21.5. The first-order chi connectivity index (χ1) is 16.4. The largest absolute Gasteiger partial charge is 0.325 e.